The Morgan fingerprint density at radius 1 is 0.788 bits per heavy atom. The SMILES string of the molecule is Cc1nc(N2CCN(C(C)(C)c3c(C)nn(-c4ccccc4)c3C)CC2)c2ccccc2n1. The van der Waals surface area contributed by atoms with Crippen molar-refractivity contribution in [2.75, 3.05) is 31.1 Å². The first-order chi connectivity index (χ1) is 15.9. The first-order valence-electron chi connectivity index (χ1n) is 11.7. The number of nitrogens with zero attached hydrogens (tertiary/aromatic N) is 6. The molecular formula is C27H32N6. The molecule has 1 aliphatic heterocycles. The van der Waals surface area contributed by atoms with E-state index in [0.717, 1.165) is 60.1 Å². The Labute approximate surface area is 195 Å². The minimum atomic E-state index is -0.114. The van der Waals surface area contributed by atoms with Crippen molar-refractivity contribution in [3.63, 3.8) is 0 Å². The molecule has 5 rings (SSSR count). The number of benzene rings is 2. The van der Waals surface area contributed by atoms with E-state index in [4.69, 9.17) is 10.1 Å². The van der Waals surface area contributed by atoms with Gasteiger partial charge in [-0.25, -0.2) is 14.6 Å². The fourth-order valence-electron chi connectivity index (χ4n) is 5.40. The lowest BCUT2D eigenvalue weighted by Crippen LogP contribution is -2.53. The monoisotopic (exact) mass is 440 g/mol. The van der Waals surface area contributed by atoms with Crippen LogP contribution in [0.2, 0.25) is 0 Å². The molecule has 1 saturated heterocycles. The van der Waals surface area contributed by atoms with Crippen LogP contribution in [-0.4, -0.2) is 50.8 Å². The molecule has 0 N–H and O–H groups in total. The van der Waals surface area contributed by atoms with E-state index in [2.05, 4.69) is 89.6 Å². The van der Waals surface area contributed by atoms with Crippen LogP contribution in [0.5, 0.6) is 0 Å². The highest BCUT2D eigenvalue weighted by atomic mass is 15.3. The fraction of sp³-hybridized carbons (Fsp3) is 0.370. The van der Waals surface area contributed by atoms with E-state index >= 15 is 0 Å². The van der Waals surface area contributed by atoms with Crippen LogP contribution >= 0.6 is 0 Å². The summed E-state index contributed by atoms with van der Waals surface area (Å²) in [4.78, 5) is 14.4. The highest BCUT2D eigenvalue weighted by Crippen LogP contribution is 2.35. The summed E-state index contributed by atoms with van der Waals surface area (Å²) < 4.78 is 2.08. The van der Waals surface area contributed by atoms with Crippen LogP contribution in [0.1, 0.15) is 36.6 Å². The predicted molar refractivity (Wildman–Crippen MR) is 134 cm³/mol. The normalized spacial score (nSPS) is 15.4. The molecule has 170 valence electrons. The van der Waals surface area contributed by atoms with Crippen LogP contribution in [0.3, 0.4) is 0 Å². The summed E-state index contributed by atoms with van der Waals surface area (Å²) in [5, 5.41) is 6.04. The molecule has 2 aromatic heterocycles. The smallest absolute Gasteiger partial charge is 0.140 e. The molecule has 0 saturated carbocycles. The minimum Gasteiger partial charge on any atom is -0.353 e. The molecule has 0 unspecified atom stereocenters. The van der Waals surface area contributed by atoms with Gasteiger partial charge in [0.15, 0.2) is 0 Å². The first kappa shape index (κ1) is 21.6. The lowest BCUT2D eigenvalue weighted by Gasteiger charge is -2.45. The van der Waals surface area contributed by atoms with Gasteiger partial charge in [-0.15, -0.1) is 0 Å². The zero-order valence-electron chi connectivity index (χ0n) is 20.2. The van der Waals surface area contributed by atoms with E-state index in [1.807, 2.05) is 19.1 Å². The van der Waals surface area contributed by atoms with Gasteiger partial charge in [0.05, 0.1) is 16.9 Å². The molecule has 0 spiro atoms. The second-order valence-electron chi connectivity index (χ2n) is 9.44. The van der Waals surface area contributed by atoms with Crippen molar-refractivity contribution >= 4 is 16.7 Å². The maximum Gasteiger partial charge on any atom is 0.140 e. The topological polar surface area (TPSA) is 50.1 Å². The third kappa shape index (κ3) is 3.78. The molecule has 1 fully saturated rings. The van der Waals surface area contributed by atoms with Crippen LogP contribution in [0.25, 0.3) is 16.6 Å². The third-order valence-corrected chi connectivity index (χ3v) is 6.97. The molecule has 0 amide bonds. The van der Waals surface area contributed by atoms with Crippen molar-refractivity contribution in [2.24, 2.45) is 0 Å². The van der Waals surface area contributed by atoms with E-state index in [1.165, 1.54) is 11.3 Å². The van der Waals surface area contributed by atoms with E-state index in [9.17, 15) is 0 Å². The molecule has 0 radical (unpaired) electrons. The average molecular weight is 441 g/mol. The number of rotatable bonds is 4. The van der Waals surface area contributed by atoms with Crippen molar-refractivity contribution in [3.8, 4) is 5.69 Å². The maximum atomic E-state index is 4.91. The molecular weight excluding hydrogens is 408 g/mol. The van der Waals surface area contributed by atoms with E-state index < -0.39 is 0 Å². The van der Waals surface area contributed by atoms with Crippen LogP contribution in [0.4, 0.5) is 5.82 Å². The van der Waals surface area contributed by atoms with Gasteiger partial charge in [0.25, 0.3) is 0 Å². The number of hydrogen-bond acceptors (Lipinski definition) is 5. The predicted octanol–water partition coefficient (Wildman–Crippen LogP) is 4.80. The molecule has 0 bridgehead atoms. The molecule has 3 heterocycles. The lowest BCUT2D eigenvalue weighted by molar-refractivity contribution is 0.110. The fourth-order valence-corrected chi connectivity index (χ4v) is 5.40. The van der Waals surface area contributed by atoms with Crippen LogP contribution < -0.4 is 4.90 Å². The van der Waals surface area contributed by atoms with Gasteiger partial charge in [0, 0.05) is 48.4 Å². The Morgan fingerprint density at radius 3 is 2.18 bits per heavy atom. The second kappa shape index (κ2) is 8.27. The maximum absolute atomic E-state index is 4.91. The van der Waals surface area contributed by atoms with Gasteiger partial charge in [0.1, 0.15) is 11.6 Å². The second-order valence-corrected chi connectivity index (χ2v) is 9.44. The number of piperazine rings is 1. The van der Waals surface area contributed by atoms with Crippen LogP contribution in [0.15, 0.2) is 54.6 Å². The zero-order chi connectivity index (χ0) is 23.2. The van der Waals surface area contributed by atoms with Crippen LogP contribution in [-0.2, 0) is 5.54 Å². The zero-order valence-corrected chi connectivity index (χ0v) is 20.2. The molecule has 6 heteroatoms. The summed E-state index contributed by atoms with van der Waals surface area (Å²) >= 11 is 0. The lowest BCUT2D eigenvalue weighted by atomic mass is 9.89. The molecule has 4 aromatic rings. The van der Waals surface area contributed by atoms with Gasteiger partial charge in [-0.3, -0.25) is 4.90 Å². The number of fused-ring (bicyclic) bond motifs is 1. The van der Waals surface area contributed by atoms with Crippen molar-refractivity contribution in [2.45, 2.75) is 40.2 Å². The van der Waals surface area contributed by atoms with Gasteiger partial charge in [-0.2, -0.15) is 5.10 Å². The largest absolute Gasteiger partial charge is 0.353 e. The van der Waals surface area contributed by atoms with Gasteiger partial charge in [0.2, 0.25) is 0 Å². The van der Waals surface area contributed by atoms with E-state index in [-0.39, 0.29) is 5.54 Å². The number of aromatic nitrogens is 4. The Morgan fingerprint density at radius 2 is 1.45 bits per heavy atom. The van der Waals surface area contributed by atoms with Crippen molar-refractivity contribution in [1.82, 2.24) is 24.6 Å². The summed E-state index contributed by atoms with van der Waals surface area (Å²) in [6.07, 6.45) is 0. The Bertz CT molecular complexity index is 1280. The van der Waals surface area contributed by atoms with Gasteiger partial charge < -0.3 is 4.90 Å². The standard InChI is InChI=1S/C27H32N6/c1-19-25(20(2)33(30-19)22-11-7-6-8-12-22)27(4,5)32-17-15-31(16-18-32)26-23-13-9-10-14-24(23)28-21(3)29-26/h6-14H,15-18H2,1-5H3. The van der Waals surface area contributed by atoms with Crippen molar-refractivity contribution < 1.29 is 0 Å². The molecule has 0 aliphatic carbocycles. The number of aryl methyl sites for hydroxylation is 2. The molecule has 2 aromatic carbocycles. The van der Waals surface area contributed by atoms with Crippen LogP contribution in [0, 0.1) is 20.8 Å². The molecule has 1 aliphatic rings. The number of anilines is 1. The summed E-state index contributed by atoms with van der Waals surface area (Å²) in [7, 11) is 0. The summed E-state index contributed by atoms with van der Waals surface area (Å²) in [5.74, 6) is 1.88. The Balaban J connectivity index is 1.40. The first-order valence-corrected chi connectivity index (χ1v) is 11.7. The average Bonchev–Trinajstić information content (AvgIpc) is 3.13. The Hall–Kier alpha value is -3.25. The highest BCUT2D eigenvalue weighted by molar-refractivity contribution is 5.89. The summed E-state index contributed by atoms with van der Waals surface area (Å²) in [6.45, 7) is 14.8. The third-order valence-electron chi connectivity index (χ3n) is 6.97. The van der Waals surface area contributed by atoms with E-state index in [1.54, 1.807) is 0 Å². The number of hydrogen-bond donors (Lipinski definition) is 0. The highest BCUT2D eigenvalue weighted by Gasteiger charge is 2.36. The Kier molecular flexibility index (Phi) is 5.41. The summed E-state index contributed by atoms with van der Waals surface area (Å²) in [6, 6.07) is 18.7. The van der Waals surface area contributed by atoms with Crippen molar-refractivity contribution in [1.29, 1.82) is 0 Å². The quantitative estimate of drug-likeness (QED) is 0.456. The minimum absolute atomic E-state index is 0.114. The molecule has 6 nitrogen and oxygen atoms in total. The summed E-state index contributed by atoms with van der Waals surface area (Å²) in [5.41, 5.74) is 5.64. The molecule has 33 heavy (non-hydrogen) atoms. The van der Waals surface area contributed by atoms with Crippen molar-refractivity contribution in [3.05, 3.63) is 77.4 Å². The molecule has 0 atom stereocenters. The number of para-hydroxylation sites is 2. The van der Waals surface area contributed by atoms with E-state index in [0.29, 0.717) is 0 Å². The van der Waals surface area contributed by atoms with Gasteiger partial charge in [-0.05, 0) is 58.9 Å². The van der Waals surface area contributed by atoms with Gasteiger partial charge >= 0.3 is 0 Å². The van der Waals surface area contributed by atoms with Gasteiger partial charge in [-0.1, -0.05) is 30.3 Å².